The Morgan fingerprint density at radius 1 is 1.38 bits per heavy atom. The van der Waals surface area contributed by atoms with Crippen LogP contribution in [0.5, 0.6) is 0 Å². The van der Waals surface area contributed by atoms with Gasteiger partial charge in [0.25, 0.3) is 5.91 Å². The zero-order chi connectivity index (χ0) is 20.3. The number of nitrogens with one attached hydrogen (secondary N) is 1. The quantitative estimate of drug-likeness (QED) is 0.761. The van der Waals surface area contributed by atoms with Gasteiger partial charge in [0.15, 0.2) is 0 Å². The van der Waals surface area contributed by atoms with Crippen LogP contribution in [0.4, 0.5) is 13.2 Å². The molecule has 1 aliphatic rings. The number of nitrogens with zero attached hydrogens (tertiary/aromatic N) is 3. The third-order valence-corrected chi connectivity index (χ3v) is 5.24. The number of alkyl halides is 3. The number of amides is 1. The maximum absolute atomic E-state index is 13.0. The zero-order valence-corrected chi connectivity index (χ0v) is 17.3. The number of hydrogen-bond acceptors (Lipinski definition) is 3. The first-order valence-electron chi connectivity index (χ1n) is 9.55. The minimum absolute atomic E-state index is 0. The first-order chi connectivity index (χ1) is 13.3. The van der Waals surface area contributed by atoms with Gasteiger partial charge < -0.3 is 10.2 Å². The lowest BCUT2D eigenvalue weighted by Crippen LogP contribution is -2.34. The van der Waals surface area contributed by atoms with Crippen molar-refractivity contribution in [2.45, 2.75) is 44.9 Å². The Balaban J connectivity index is 0.00000300. The summed E-state index contributed by atoms with van der Waals surface area (Å²) in [5.74, 6) is -0.282. The van der Waals surface area contributed by atoms with Crippen LogP contribution in [-0.2, 0) is 6.18 Å². The van der Waals surface area contributed by atoms with Crippen molar-refractivity contribution in [1.29, 1.82) is 0 Å². The normalized spacial score (nSPS) is 18.0. The highest BCUT2D eigenvalue weighted by Crippen LogP contribution is 2.32. The number of carbonyl (C=O) groups is 1. The molecule has 0 aliphatic carbocycles. The molecule has 160 valence electrons. The molecule has 9 heteroatoms. The fourth-order valence-electron chi connectivity index (χ4n) is 3.61. The van der Waals surface area contributed by atoms with Crippen LogP contribution < -0.4 is 5.32 Å². The predicted octanol–water partition coefficient (Wildman–Crippen LogP) is 4.47. The van der Waals surface area contributed by atoms with Gasteiger partial charge in [-0.1, -0.05) is 12.1 Å². The van der Waals surface area contributed by atoms with E-state index in [1.807, 2.05) is 11.6 Å². The SMILES string of the molecule is CCN(C(=O)c1ccn(C2CCCNC2)n1)C(C)c1cccc(C(F)(F)F)c1.Cl. The van der Waals surface area contributed by atoms with Crippen LogP contribution in [-0.4, -0.2) is 40.2 Å². The molecule has 1 fully saturated rings. The highest BCUT2D eigenvalue weighted by atomic mass is 35.5. The van der Waals surface area contributed by atoms with Crippen LogP contribution >= 0.6 is 12.4 Å². The van der Waals surface area contributed by atoms with E-state index in [0.29, 0.717) is 17.8 Å². The molecule has 0 saturated carbocycles. The summed E-state index contributed by atoms with van der Waals surface area (Å²) in [6.45, 7) is 5.71. The maximum Gasteiger partial charge on any atom is 0.416 e. The molecule has 0 spiro atoms. The third kappa shape index (κ3) is 5.30. The molecule has 3 rings (SSSR count). The van der Waals surface area contributed by atoms with Gasteiger partial charge in [-0.2, -0.15) is 18.3 Å². The summed E-state index contributed by atoms with van der Waals surface area (Å²) in [7, 11) is 0. The van der Waals surface area contributed by atoms with Crippen molar-refractivity contribution in [3.05, 3.63) is 53.3 Å². The maximum atomic E-state index is 13.0. The van der Waals surface area contributed by atoms with Crippen molar-refractivity contribution in [1.82, 2.24) is 20.0 Å². The molecular formula is C20H26ClF3N4O. The standard InChI is InChI=1S/C20H25F3N4O.ClH/c1-3-26(14(2)15-6-4-7-16(12-15)20(21,22)23)19(28)18-9-11-27(25-18)17-8-5-10-24-13-17;/h4,6-7,9,11-12,14,17,24H,3,5,8,10,13H2,1-2H3;1H. The molecule has 1 aromatic heterocycles. The van der Waals surface area contributed by atoms with Crippen molar-refractivity contribution in [3.8, 4) is 0 Å². The third-order valence-electron chi connectivity index (χ3n) is 5.24. The molecule has 1 aliphatic heterocycles. The number of benzene rings is 1. The second kappa shape index (κ2) is 9.63. The van der Waals surface area contributed by atoms with Crippen molar-refractivity contribution < 1.29 is 18.0 Å². The lowest BCUT2D eigenvalue weighted by atomic mass is 10.0. The molecule has 1 amide bonds. The smallest absolute Gasteiger partial charge is 0.331 e. The fraction of sp³-hybridized carbons (Fsp3) is 0.500. The molecule has 2 unspecified atom stereocenters. The molecule has 2 atom stereocenters. The molecule has 29 heavy (non-hydrogen) atoms. The van der Waals surface area contributed by atoms with Crippen LogP contribution in [0.2, 0.25) is 0 Å². The highest BCUT2D eigenvalue weighted by molar-refractivity contribution is 5.92. The van der Waals surface area contributed by atoms with E-state index in [9.17, 15) is 18.0 Å². The van der Waals surface area contributed by atoms with E-state index < -0.39 is 17.8 Å². The summed E-state index contributed by atoms with van der Waals surface area (Å²) in [5.41, 5.74) is 0.0432. The second-order valence-electron chi connectivity index (χ2n) is 7.07. The van der Waals surface area contributed by atoms with Gasteiger partial charge in [0.05, 0.1) is 17.6 Å². The number of aromatic nitrogens is 2. The van der Waals surface area contributed by atoms with Gasteiger partial charge in [-0.05, 0) is 57.0 Å². The van der Waals surface area contributed by atoms with Gasteiger partial charge >= 0.3 is 6.18 Å². The minimum atomic E-state index is -4.41. The average molecular weight is 431 g/mol. The van der Waals surface area contributed by atoms with Crippen LogP contribution in [0.1, 0.15) is 60.4 Å². The van der Waals surface area contributed by atoms with Crippen molar-refractivity contribution in [2.75, 3.05) is 19.6 Å². The van der Waals surface area contributed by atoms with Crippen molar-refractivity contribution >= 4 is 18.3 Å². The number of piperidine rings is 1. The fourth-order valence-corrected chi connectivity index (χ4v) is 3.61. The molecule has 1 N–H and O–H groups in total. The van der Waals surface area contributed by atoms with Crippen molar-refractivity contribution in [2.24, 2.45) is 0 Å². The topological polar surface area (TPSA) is 50.2 Å². The van der Waals surface area contributed by atoms with Gasteiger partial charge in [-0.15, -0.1) is 12.4 Å². The predicted molar refractivity (Wildman–Crippen MR) is 107 cm³/mol. The number of hydrogen-bond donors (Lipinski definition) is 1. The molecular weight excluding hydrogens is 405 g/mol. The summed E-state index contributed by atoms with van der Waals surface area (Å²) in [6.07, 6.45) is -0.556. The molecule has 1 saturated heterocycles. The molecule has 2 heterocycles. The van der Waals surface area contributed by atoms with Gasteiger partial charge in [0.1, 0.15) is 5.69 Å². The molecule has 2 aromatic rings. The molecule has 0 radical (unpaired) electrons. The Kier molecular flexibility index (Phi) is 7.71. The molecule has 1 aromatic carbocycles. The summed E-state index contributed by atoms with van der Waals surface area (Å²) in [6, 6.07) is 6.52. The van der Waals surface area contributed by atoms with Gasteiger partial charge in [0.2, 0.25) is 0 Å². The average Bonchev–Trinajstić information content (AvgIpc) is 3.19. The summed E-state index contributed by atoms with van der Waals surface area (Å²) in [4.78, 5) is 14.5. The molecule has 0 bridgehead atoms. The van der Waals surface area contributed by atoms with Crippen LogP contribution in [0, 0.1) is 0 Å². The van der Waals surface area contributed by atoms with Crippen LogP contribution in [0.3, 0.4) is 0 Å². The zero-order valence-electron chi connectivity index (χ0n) is 16.4. The minimum Gasteiger partial charge on any atom is -0.331 e. The van der Waals surface area contributed by atoms with E-state index in [1.54, 1.807) is 30.2 Å². The Morgan fingerprint density at radius 3 is 2.76 bits per heavy atom. The van der Waals surface area contributed by atoms with E-state index in [4.69, 9.17) is 0 Å². The van der Waals surface area contributed by atoms with E-state index in [-0.39, 0.29) is 24.4 Å². The Bertz CT molecular complexity index is 818. The van der Waals surface area contributed by atoms with E-state index >= 15 is 0 Å². The lowest BCUT2D eigenvalue weighted by Gasteiger charge is -2.28. The van der Waals surface area contributed by atoms with Crippen LogP contribution in [0.25, 0.3) is 0 Å². The molecule has 5 nitrogen and oxygen atoms in total. The summed E-state index contributed by atoms with van der Waals surface area (Å²) in [5, 5.41) is 7.76. The summed E-state index contributed by atoms with van der Waals surface area (Å²) >= 11 is 0. The highest BCUT2D eigenvalue weighted by Gasteiger charge is 2.32. The van der Waals surface area contributed by atoms with Crippen molar-refractivity contribution in [3.63, 3.8) is 0 Å². The number of halogens is 4. The van der Waals surface area contributed by atoms with E-state index in [1.165, 1.54) is 6.07 Å². The monoisotopic (exact) mass is 430 g/mol. The van der Waals surface area contributed by atoms with Gasteiger partial charge in [0, 0.05) is 19.3 Å². The first kappa shape index (κ1) is 23.2. The number of carbonyl (C=O) groups excluding carboxylic acids is 1. The Hall–Kier alpha value is -2.06. The van der Waals surface area contributed by atoms with E-state index in [0.717, 1.165) is 38.1 Å². The number of rotatable bonds is 5. The summed E-state index contributed by atoms with van der Waals surface area (Å²) < 4.78 is 40.9. The van der Waals surface area contributed by atoms with Gasteiger partial charge in [-0.25, -0.2) is 0 Å². The van der Waals surface area contributed by atoms with Crippen LogP contribution in [0.15, 0.2) is 36.5 Å². The largest absolute Gasteiger partial charge is 0.416 e. The van der Waals surface area contributed by atoms with Gasteiger partial charge in [-0.3, -0.25) is 9.48 Å². The Morgan fingerprint density at radius 2 is 2.14 bits per heavy atom. The van der Waals surface area contributed by atoms with E-state index in [2.05, 4.69) is 10.4 Å². The second-order valence-corrected chi connectivity index (χ2v) is 7.07. The lowest BCUT2D eigenvalue weighted by molar-refractivity contribution is -0.137. The Labute approximate surface area is 174 Å². The first-order valence-corrected chi connectivity index (χ1v) is 9.55.